The Balaban J connectivity index is 0.00000800. The molecule has 2 heterocycles. The molecule has 8 rings (SSSR count). The molecule has 0 unspecified atom stereocenters. The largest absolute Gasteiger partial charge is 0.507 e. The Morgan fingerprint density at radius 2 is 1.41 bits per heavy atom. The zero-order valence-electron chi connectivity index (χ0n) is 48.5. The average molecular weight is 956 g/mol. The van der Waals surface area contributed by atoms with Crippen LogP contribution in [0.1, 0.15) is 91.1 Å². The smallest absolute Gasteiger partial charge is 0.148 e. The number of pyridine rings is 1. The summed E-state index contributed by atoms with van der Waals surface area (Å²) in [5.41, 5.74) is 1.49. The van der Waals surface area contributed by atoms with Crippen molar-refractivity contribution < 1.29 is 48.1 Å². The maximum absolute atomic E-state index is 11.7. The van der Waals surface area contributed by atoms with Crippen LogP contribution in [0.4, 0.5) is 0 Å². The fourth-order valence-corrected chi connectivity index (χ4v) is 7.08. The van der Waals surface area contributed by atoms with Crippen LogP contribution >= 0.6 is 0 Å². The predicted octanol–water partition coefficient (Wildman–Crippen LogP) is 13.8. The summed E-state index contributed by atoms with van der Waals surface area (Å²) < 4.78 is 138. The molecule has 0 aliphatic heterocycles. The van der Waals surface area contributed by atoms with Crippen molar-refractivity contribution in [1.82, 2.24) is 14.5 Å². The van der Waals surface area contributed by atoms with Crippen LogP contribution in [0.25, 0.3) is 72.7 Å². The summed E-state index contributed by atoms with van der Waals surface area (Å²) in [6, 6.07) is 30.1. The van der Waals surface area contributed by atoms with E-state index in [-0.39, 0.29) is 55.0 Å². The number of nitrogens with zero attached hydrogens (tertiary/aromatic N) is 3. The van der Waals surface area contributed by atoms with Crippen LogP contribution in [0, 0.1) is 26.8 Å². The number of hydrogen-bond donors (Lipinski definition) is 1. The first-order valence-electron chi connectivity index (χ1n) is 26.5. The third kappa shape index (κ3) is 7.83. The van der Waals surface area contributed by atoms with Crippen LogP contribution in [-0.4, -0.2) is 19.6 Å². The fourth-order valence-electron chi connectivity index (χ4n) is 7.08. The molecule has 0 radical (unpaired) electrons. The number of aromatic nitrogens is 3. The van der Waals surface area contributed by atoms with Gasteiger partial charge in [-0.2, -0.15) is 0 Å². The molecule has 0 aliphatic carbocycles. The maximum Gasteiger partial charge on any atom is 0.148 e. The molecular formula is C53H50N3OPt-. The van der Waals surface area contributed by atoms with Crippen molar-refractivity contribution in [1.29, 1.82) is 0 Å². The van der Waals surface area contributed by atoms with E-state index in [1.165, 1.54) is 18.3 Å². The van der Waals surface area contributed by atoms with Crippen LogP contribution in [0.2, 0.25) is 0 Å². The number of fused-ring (bicyclic) bond motifs is 1. The molecule has 0 amide bonds. The Kier molecular flexibility index (Phi) is 6.75. The zero-order chi connectivity index (χ0) is 53.7. The zero-order valence-corrected chi connectivity index (χ0v) is 34.8. The molecule has 1 N–H and O–H groups in total. The summed E-state index contributed by atoms with van der Waals surface area (Å²) in [5, 5.41) is 11.7. The SMILES string of the molecule is [2H]c1c([2H])c(C(C([2H])([2H])[2H])(C([2H])([2H])[2H])C([2H])([2H])[2H])c([2H])c([2H])c1-c1ccnc(-c2[c-]c(-c3cccc4c3nc(-c3cc(C)cc(C)c3O)n4-c3ccc(-c4ccccc4)cc3C([2H])([2H])[2H])cc(C(C)(C)C)c2)c1.[Pt]. The van der Waals surface area contributed by atoms with E-state index in [2.05, 4.69) is 11.1 Å². The van der Waals surface area contributed by atoms with E-state index < -0.39 is 68.0 Å². The Bertz CT molecular complexity index is 3410. The van der Waals surface area contributed by atoms with Crippen LogP contribution in [0.15, 0.2) is 133 Å². The Morgan fingerprint density at radius 3 is 2.14 bits per heavy atom. The Labute approximate surface area is 380 Å². The molecule has 0 aliphatic rings. The molecule has 58 heavy (non-hydrogen) atoms. The molecule has 0 atom stereocenters. The van der Waals surface area contributed by atoms with Gasteiger partial charge in [-0.25, -0.2) is 4.98 Å². The number of para-hydroxylation sites is 1. The summed E-state index contributed by atoms with van der Waals surface area (Å²) in [5.74, 6) is 0.253. The molecule has 2 aromatic heterocycles. The number of hydrogen-bond acceptors (Lipinski definition) is 3. The van der Waals surface area contributed by atoms with E-state index in [0.717, 1.165) is 16.7 Å². The van der Waals surface area contributed by atoms with E-state index in [4.69, 9.17) is 26.9 Å². The number of imidazole rings is 1. The first kappa shape index (κ1) is 25.0. The third-order valence-electron chi connectivity index (χ3n) is 10.1. The number of phenols is 1. The molecule has 0 saturated heterocycles. The topological polar surface area (TPSA) is 50.9 Å². The van der Waals surface area contributed by atoms with Crippen LogP contribution in [-0.2, 0) is 31.9 Å². The molecule has 4 nitrogen and oxygen atoms in total. The summed E-state index contributed by atoms with van der Waals surface area (Å²) >= 11 is 0. The van der Waals surface area contributed by atoms with Gasteiger partial charge >= 0.3 is 0 Å². The average Bonchev–Trinajstić information content (AvgIpc) is 3.68. The summed E-state index contributed by atoms with van der Waals surface area (Å²) in [4.78, 5) is 9.86. The quantitative estimate of drug-likeness (QED) is 0.169. The summed E-state index contributed by atoms with van der Waals surface area (Å²) in [6.07, 6.45) is 1.37. The molecular weight excluding hydrogens is 890 g/mol. The van der Waals surface area contributed by atoms with E-state index in [1.54, 1.807) is 29.7 Å². The Hall–Kier alpha value is -5.57. The fraction of sp³-hybridized carbons (Fsp3) is 0.208. The van der Waals surface area contributed by atoms with Gasteiger partial charge in [-0.15, -0.1) is 29.3 Å². The maximum atomic E-state index is 11.7. The standard InChI is InChI=1S/C53H50N3O.Pt/c1-33-26-35(3)50(57)45(27-33)51-55-49-44(16-13-17-48(49)56(51)47-23-20-38(28-34(47)2)36-14-11-10-12-15-36)40-29-41(31-43(30-40)53(7,8)9)46-32-39(24-25-54-46)37-18-21-42(22-19-37)52(4,5)6;/h10-28,30-32,57H,1-9H3;/q-1;/i2D3,4D3,5D3,6D3,18D,19D,21D,22D;. The van der Waals surface area contributed by atoms with Crippen molar-refractivity contribution in [3.8, 4) is 67.5 Å². The van der Waals surface area contributed by atoms with Crippen molar-refractivity contribution in [2.75, 3.05) is 0 Å². The van der Waals surface area contributed by atoms with Crippen molar-refractivity contribution >= 4 is 11.0 Å². The van der Waals surface area contributed by atoms with E-state index in [0.29, 0.717) is 50.1 Å². The number of aryl methyl sites for hydroxylation is 3. The number of rotatable bonds is 6. The molecule has 0 fully saturated rings. The van der Waals surface area contributed by atoms with Crippen molar-refractivity contribution in [2.45, 2.75) is 72.9 Å². The van der Waals surface area contributed by atoms with E-state index in [1.807, 2.05) is 100 Å². The molecule has 5 heteroatoms. The van der Waals surface area contributed by atoms with Gasteiger partial charge in [-0.1, -0.05) is 137 Å². The summed E-state index contributed by atoms with van der Waals surface area (Å²) in [6.45, 7) is -4.38. The molecule has 0 saturated carbocycles. The van der Waals surface area contributed by atoms with Crippen LogP contribution < -0.4 is 0 Å². The van der Waals surface area contributed by atoms with Gasteiger partial charge in [0, 0.05) is 49.4 Å². The second-order valence-corrected chi connectivity index (χ2v) is 15.4. The van der Waals surface area contributed by atoms with Gasteiger partial charge in [-0.05, 0) is 106 Å². The van der Waals surface area contributed by atoms with Gasteiger partial charge in [0.05, 0.1) is 27.8 Å². The van der Waals surface area contributed by atoms with Gasteiger partial charge in [0.1, 0.15) is 11.6 Å². The minimum absolute atomic E-state index is 0. The van der Waals surface area contributed by atoms with Crippen molar-refractivity contribution in [3.05, 3.63) is 167 Å². The molecule has 0 bridgehead atoms. The molecule has 294 valence electrons. The van der Waals surface area contributed by atoms with Gasteiger partial charge in [0.15, 0.2) is 0 Å². The van der Waals surface area contributed by atoms with E-state index in [9.17, 15) is 5.11 Å². The normalized spacial score (nSPS) is 16.7. The second-order valence-electron chi connectivity index (χ2n) is 15.4. The monoisotopic (exact) mass is 955 g/mol. The Morgan fingerprint density at radius 1 is 0.672 bits per heavy atom. The molecule has 0 spiro atoms. The third-order valence-corrected chi connectivity index (χ3v) is 10.1. The minimum Gasteiger partial charge on any atom is -0.507 e. The second kappa shape index (κ2) is 15.6. The first-order chi connectivity index (χ1) is 33.8. The first-order valence-corrected chi connectivity index (χ1v) is 18.5. The van der Waals surface area contributed by atoms with Crippen LogP contribution in [0.3, 0.4) is 0 Å². The molecule has 8 aromatic rings. The van der Waals surface area contributed by atoms with Crippen molar-refractivity contribution in [3.63, 3.8) is 0 Å². The van der Waals surface area contributed by atoms with Crippen LogP contribution in [0.5, 0.6) is 5.75 Å². The molecule has 6 aromatic carbocycles. The number of phenolic OH excluding ortho intramolecular Hbond substituents is 1. The number of benzene rings is 6. The van der Waals surface area contributed by atoms with Gasteiger partial charge in [0.25, 0.3) is 0 Å². The van der Waals surface area contributed by atoms with Gasteiger partial charge in [-0.3, -0.25) is 9.55 Å². The number of aromatic hydroxyl groups is 1. The predicted molar refractivity (Wildman–Crippen MR) is 238 cm³/mol. The van der Waals surface area contributed by atoms with Gasteiger partial charge < -0.3 is 5.11 Å². The van der Waals surface area contributed by atoms with Crippen molar-refractivity contribution in [2.24, 2.45) is 0 Å². The minimum atomic E-state index is -3.83. The van der Waals surface area contributed by atoms with Gasteiger partial charge in [0.2, 0.25) is 0 Å². The van der Waals surface area contributed by atoms with E-state index >= 15 is 0 Å². The summed E-state index contributed by atoms with van der Waals surface area (Å²) in [7, 11) is 0.